The number of furan rings is 1. The number of alkyl halides is 3. The number of nitrogens with one attached hydrogen (secondary N) is 2. The van der Waals surface area contributed by atoms with Crippen LogP contribution < -0.4 is 15.4 Å². The highest BCUT2D eigenvalue weighted by molar-refractivity contribution is 7.13. The first-order chi connectivity index (χ1) is 16.3. The highest BCUT2D eigenvalue weighted by Crippen LogP contribution is 2.37. The number of para-hydroxylation sites is 1. The van der Waals surface area contributed by atoms with Crippen molar-refractivity contribution in [2.24, 2.45) is 0 Å². The molecule has 11 heteroatoms. The third kappa shape index (κ3) is 4.94. The van der Waals surface area contributed by atoms with Crippen LogP contribution in [0.15, 0.2) is 70.9 Å². The van der Waals surface area contributed by atoms with Gasteiger partial charge in [-0.15, -0.1) is 11.3 Å². The van der Waals surface area contributed by atoms with Gasteiger partial charge in [-0.2, -0.15) is 13.2 Å². The molecule has 34 heavy (non-hydrogen) atoms. The Morgan fingerprint density at radius 3 is 2.56 bits per heavy atom. The average molecular weight is 487 g/mol. The van der Waals surface area contributed by atoms with Crippen LogP contribution >= 0.6 is 11.3 Å². The zero-order chi connectivity index (χ0) is 24.3. The zero-order valence-electron chi connectivity index (χ0n) is 17.5. The molecule has 2 aromatic heterocycles. The van der Waals surface area contributed by atoms with Crippen LogP contribution in [0.4, 0.5) is 24.5 Å². The molecule has 7 nitrogen and oxygen atoms in total. The second-order valence-electron chi connectivity index (χ2n) is 6.92. The van der Waals surface area contributed by atoms with E-state index in [-0.39, 0.29) is 16.9 Å². The third-order valence-corrected chi connectivity index (χ3v) is 5.56. The largest absolute Gasteiger partial charge is 0.496 e. The van der Waals surface area contributed by atoms with Gasteiger partial charge in [0.15, 0.2) is 0 Å². The molecule has 4 rings (SSSR count). The Morgan fingerprint density at radius 2 is 1.85 bits per heavy atom. The Hall–Kier alpha value is -4.12. The lowest BCUT2D eigenvalue weighted by Crippen LogP contribution is -2.18. The molecule has 0 aliphatic heterocycles. The van der Waals surface area contributed by atoms with E-state index in [0.717, 1.165) is 23.5 Å². The van der Waals surface area contributed by atoms with E-state index in [9.17, 15) is 22.8 Å². The number of amides is 2. The van der Waals surface area contributed by atoms with Gasteiger partial charge in [-0.25, -0.2) is 4.98 Å². The summed E-state index contributed by atoms with van der Waals surface area (Å²) >= 11 is 1.16. The van der Waals surface area contributed by atoms with Crippen LogP contribution in [0.3, 0.4) is 0 Å². The Labute approximate surface area is 195 Å². The number of anilines is 2. The van der Waals surface area contributed by atoms with Crippen LogP contribution in [0.25, 0.3) is 10.6 Å². The number of nitrogens with zero attached hydrogens (tertiary/aromatic N) is 1. The average Bonchev–Trinajstić information content (AvgIpc) is 3.52. The first-order valence-electron chi connectivity index (χ1n) is 9.71. The smallest absolute Gasteiger partial charge is 0.418 e. The number of ether oxygens (including phenoxy) is 1. The molecule has 0 bridgehead atoms. The molecule has 0 saturated heterocycles. The fourth-order valence-electron chi connectivity index (χ4n) is 3.07. The Balaban J connectivity index is 1.57. The first-order valence-corrected chi connectivity index (χ1v) is 10.6. The topological polar surface area (TPSA) is 93.5 Å². The summed E-state index contributed by atoms with van der Waals surface area (Å²) in [6, 6.07) is 11.5. The van der Waals surface area contributed by atoms with Gasteiger partial charge >= 0.3 is 6.18 Å². The lowest BCUT2D eigenvalue weighted by atomic mass is 10.1. The van der Waals surface area contributed by atoms with Crippen LogP contribution in [0.5, 0.6) is 5.75 Å². The lowest BCUT2D eigenvalue weighted by Gasteiger charge is -2.15. The molecule has 2 aromatic carbocycles. The fraction of sp³-hybridized carbons (Fsp3) is 0.0870. The van der Waals surface area contributed by atoms with Crippen molar-refractivity contribution in [3.8, 4) is 16.3 Å². The second-order valence-corrected chi connectivity index (χ2v) is 7.77. The van der Waals surface area contributed by atoms with Gasteiger partial charge in [-0.1, -0.05) is 12.1 Å². The molecule has 174 valence electrons. The summed E-state index contributed by atoms with van der Waals surface area (Å²) in [5.41, 5.74) is -0.917. The van der Waals surface area contributed by atoms with Crippen LogP contribution in [0.2, 0.25) is 0 Å². The maximum absolute atomic E-state index is 13.7. The Bertz CT molecular complexity index is 1330. The summed E-state index contributed by atoms with van der Waals surface area (Å²) in [7, 11) is 1.50. The summed E-state index contributed by atoms with van der Waals surface area (Å²) in [5, 5.41) is 6.56. The highest BCUT2D eigenvalue weighted by atomic mass is 32.1. The van der Waals surface area contributed by atoms with Gasteiger partial charge in [0, 0.05) is 11.1 Å². The van der Waals surface area contributed by atoms with Crippen molar-refractivity contribution in [2.45, 2.75) is 6.18 Å². The molecule has 2 N–H and O–H groups in total. The summed E-state index contributed by atoms with van der Waals surface area (Å²) in [5.74, 6) is -0.890. The number of halogens is 3. The van der Waals surface area contributed by atoms with Crippen molar-refractivity contribution in [1.82, 2.24) is 4.98 Å². The summed E-state index contributed by atoms with van der Waals surface area (Å²) < 4.78 is 51.2. The molecule has 2 amide bonds. The number of rotatable bonds is 6. The minimum Gasteiger partial charge on any atom is -0.496 e. The number of aromatic nitrogens is 1. The molecular formula is C23H16F3N3O4S. The van der Waals surface area contributed by atoms with Crippen molar-refractivity contribution < 1.29 is 31.9 Å². The maximum atomic E-state index is 13.7. The summed E-state index contributed by atoms with van der Waals surface area (Å²) in [4.78, 5) is 29.0. The van der Waals surface area contributed by atoms with E-state index in [0.29, 0.717) is 16.3 Å². The van der Waals surface area contributed by atoms with Gasteiger partial charge in [-0.3, -0.25) is 9.59 Å². The van der Waals surface area contributed by atoms with E-state index in [4.69, 9.17) is 9.15 Å². The number of hydrogen-bond donors (Lipinski definition) is 2. The number of thiazole rings is 1. The van der Waals surface area contributed by atoms with Crippen molar-refractivity contribution in [3.63, 3.8) is 0 Å². The molecular weight excluding hydrogens is 471 g/mol. The summed E-state index contributed by atoms with van der Waals surface area (Å²) in [6.45, 7) is 0. The van der Waals surface area contributed by atoms with Crippen LogP contribution in [-0.4, -0.2) is 23.9 Å². The number of methoxy groups -OCH3 is 1. The molecule has 2 heterocycles. The van der Waals surface area contributed by atoms with Gasteiger partial charge in [0.1, 0.15) is 22.7 Å². The van der Waals surface area contributed by atoms with Gasteiger partial charge in [-0.05, 0) is 36.4 Å². The molecule has 0 fully saturated rings. The lowest BCUT2D eigenvalue weighted by molar-refractivity contribution is -0.136. The number of benzene rings is 2. The molecule has 4 aromatic rings. The van der Waals surface area contributed by atoms with Gasteiger partial charge < -0.3 is 19.8 Å². The number of carbonyl (C=O) groups excluding carboxylic acids is 2. The number of hydrogen-bond acceptors (Lipinski definition) is 6. The van der Waals surface area contributed by atoms with Gasteiger partial charge in [0.2, 0.25) is 0 Å². The molecule has 0 radical (unpaired) electrons. The van der Waals surface area contributed by atoms with E-state index in [1.165, 1.54) is 37.1 Å². The Morgan fingerprint density at radius 1 is 1.06 bits per heavy atom. The quantitative estimate of drug-likeness (QED) is 0.351. The predicted octanol–water partition coefficient (Wildman–Crippen LogP) is 5.94. The van der Waals surface area contributed by atoms with E-state index in [1.54, 1.807) is 24.3 Å². The minimum atomic E-state index is -4.79. The van der Waals surface area contributed by atoms with Gasteiger partial charge in [0.05, 0.1) is 35.8 Å². The van der Waals surface area contributed by atoms with Crippen LogP contribution in [-0.2, 0) is 6.18 Å². The van der Waals surface area contributed by atoms with Crippen LogP contribution in [0.1, 0.15) is 26.4 Å². The fourth-order valence-corrected chi connectivity index (χ4v) is 3.90. The normalized spacial score (nSPS) is 11.2. The van der Waals surface area contributed by atoms with E-state index < -0.39 is 29.2 Å². The standard InChI is InChI=1S/C23H16F3N3O4S/c1-32-19-5-3-2-4-15(19)22-29-18(12-34-22)21(31)28-17-7-6-14(10-16(17)23(24,25)26)27-20(30)13-8-9-33-11-13/h2-12H,1H3,(H,27,30)(H,28,31). The van der Waals surface area contributed by atoms with Crippen molar-refractivity contribution >= 4 is 34.5 Å². The van der Waals surface area contributed by atoms with Gasteiger partial charge in [0.25, 0.3) is 11.8 Å². The highest BCUT2D eigenvalue weighted by Gasteiger charge is 2.34. The molecule has 0 saturated carbocycles. The van der Waals surface area contributed by atoms with Crippen molar-refractivity contribution in [1.29, 1.82) is 0 Å². The zero-order valence-corrected chi connectivity index (χ0v) is 18.3. The van der Waals surface area contributed by atoms with E-state index >= 15 is 0 Å². The molecule has 0 unspecified atom stereocenters. The SMILES string of the molecule is COc1ccccc1-c1nc(C(=O)Nc2ccc(NC(=O)c3ccoc3)cc2C(F)(F)F)cs1. The minimum absolute atomic E-state index is 0.0450. The van der Waals surface area contributed by atoms with E-state index in [2.05, 4.69) is 15.6 Å². The maximum Gasteiger partial charge on any atom is 0.418 e. The second kappa shape index (κ2) is 9.40. The third-order valence-electron chi connectivity index (χ3n) is 4.69. The number of carbonyl (C=O) groups is 2. The van der Waals surface area contributed by atoms with Crippen LogP contribution in [0, 0.1) is 0 Å². The summed E-state index contributed by atoms with van der Waals surface area (Å²) in [6.07, 6.45) is -2.35. The molecule has 0 atom stereocenters. The van der Waals surface area contributed by atoms with Crippen molar-refractivity contribution in [3.05, 3.63) is 83.3 Å². The molecule has 0 aliphatic carbocycles. The first kappa shape index (κ1) is 23.1. The molecule has 0 aliphatic rings. The van der Waals surface area contributed by atoms with Crippen molar-refractivity contribution in [2.75, 3.05) is 17.7 Å². The predicted molar refractivity (Wildman–Crippen MR) is 120 cm³/mol. The Kier molecular flexibility index (Phi) is 6.37. The monoisotopic (exact) mass is 487 g/mol. The van der Waals surface area contributed by atoms with E-state index in [1.807, 2.05) is 0 Å². The molecule has 0 spiro atoms.